The smallest absolute Gasteiger partial charge is 0.330 e. The third kappa shape index (κ3) is 5.62. The van der Waals surface area contributed by atoms with Gasteiger partial charge in [0.25, 0.3) is 0 Å². The Hall–Kier alpha value is -2.73. The van der Waals surface area contributed by atoms with E-state index in [9.17, 15) is 4.79 Å². The van der Waals surface area contributed by atoms with Gasteiger partial charge in [0.05, 0.1) is 12.3 Å². The first kappa shape index (κ1) is 19.0. The Morgan fingerprint density at radius 2 is 2.19 bits per heavy atom. The number of anilines is 1. The fourth-order valence-corrected chi connectivity index (χ4v) is 3.18. The predicted molar refractivity (Wildman–Crippen MR) is 106 cm³/mol. The molecule has 0 bridgehead atoms. The van der Waals surface area contributed by atoms with Crippen molar-refractivity contribution in [1.82, 2.24) is 14.9 Å². The van der Waals surface area contributed by atoms with Crippen molar-refractivity contribution in [2.24, 2.45) is 0 Å². The standard InChI is InChI=1S/C21H26N4O2/c1-3-27-20(26)10-9-18-13-22-21(23-16(18)2)24-19-11-12-25(15-19)14-17-7-5-4-6-8-17/h4-10,13,19H,3,11-12,14-15H2,1-2H3,(H,22,23,24). The van der Waals surface area contributed by atoms with Gasteiger partial charge in [0.15, 0.2) is 0 Å². The quantitative estimate of drug-likeness (QED) is 0.600. The van der Waals surface area contributed by atoms with Crippen molar-refractivity contribution in [3.63, 3.8) is 0 Å². The molecule has 2 aromatic rings. The van der Waals surface area contributed by atoms with Gasteiger partial charge in [-0.2, -0.15) is 0 Å². The van der Waals surface area contributed by atoms with E-state index >= 15 is 0 Å². The SMILES string of the molecule is CCOC(=O)C=Cc1cnc(NC2CCN(Cc3ccccc3)C2)nc1C. The van der Waals surface area contributed by atoms with Crippen LogP contribution in [0.5, 0.6) is 0 Å². The number of hydrogen-bond acceptors (Lipinski definition) is 6. The van der Waals surface area contributed by atoms with Crippen molar-refractivity contribution in [2.75, 3.05) is 25.0 Å². The fourth-order valence-electron chi connectivity index (χ4n) is 3.18. The van der Waals surface area contributed by atoms with Gasteiger partial charge >= 0.3 is 5.97 Å². The number of benzene rings is 1. The molecule has 1 aromatic carbocycles. The van der Waals surface area contributed by atoms with E-state index in [2.05, 4.69) is 44.5 Å². The number of rotatable bonds is 7. The van der Waals surface area contributed by atoms with E-state index in [4.69, 9.17) is 4.74 Å². The summed E-state index contributed by atoms with van der Waals surface area (Å²) < 4.78 is 4.88. The van der Waals surface area contributed by atoms with Gasteiger partial charge in [0.1, 0.15) is 0 Å². The summed E-state index contributed by atoms with van der Waals surface area (Å²) in [5, 5.41) is 3.43. The predicted octanol–water partition coefficient (Wildman–Crippen LogP) is 3.05. The second-order valence-corrected chi connectivity index (χ2v) is 6.67. The summed E-state index contributed by atoms with van der Waals surface area (Å²) in [5.41, 5.74) is 2.97. The molecule has 0 radical (unpaired) electrons. The van der Waals surface area contributed by atoms with Crippen LogP contribution in [0.2, 0.25) is 0 Å². The molecule has 6 nitrogen and oxygen atoms in total. The van der Waals surface area contributed by atoms with Crippen molar-refractivity contribution in [3.05, 3.63) is 59.4 Å². The molecule has 0 spiro atoms. The molecule has 0 aliphatic carbocycles. The molecule has 1 aliphatic heterocycles. The average Bonchev–Trinajstić information content (AvgIpc) is 3.09. The normalized spacial score (nSPS) is 17.3. The molecule has 2 heterocycles. The van der Waals surface area contributed by atoms with Gasteiger partial charge in [-0.05, 0) is 31.9 Å². The van der Waals surface area contributed by atoms with Crippen molar-refractivity contribution >= 4 is 18.0 Å². The van der Waals surface area contributed by atoms with Crippen LogP contribution in [0, 0.1) is 6.92 Å². The number of esters is 1. The van der Waals surface area contributed by atoms with Gasteiger partial charge in [-0.3, -0.25) is 4.90 Å². The lowest BCUT2D eigenvalue weighted by molar-refractivity contribution is -0.137. The first-order chi connectivity index (χ1) is 13.1. The second-order valence-electron chi connectivity index (χ2n) is 6.67. The minimum atomic E-state index is -0.358. The number of aryl methyl sites for hydroxylation is 1. The molecule has 0 saturated carbocycles. The van der Waals surface area contributed by atoms with E-state index in [1.807, 2.05) is 13.0 Å². The van der Waals surface area contributed by atoms with Crippen molar-refractivity contribution < 1.29 is 9.53 Å². The van der Waals surface area contributed by atoms with Crippen LogP contribution in [0.25, 0.3) is 6.08 Å². The number of hydrogen-bond donors (Lipinski definition) is 1. The van der Waals surface area contributed by atoms with Gasteiger partial charge in [-0.25, -0.2) is 14.8 Å². The number of ether oxygens (including phenoxy) is 1. The first-order valence-electron chi connectivity index (χ1n) is 9.35. The van der Waals surface area contributed by atoms with E-state index < -0.39 is 0 Å². The fraction of sp³-hybridized carbons (Fsp3) is 0.381. The minimum Gasteiger partial charge on any atom is -0.463 e. The van der Waals surface area contributed by atoms with Gasteiger partial charge < -0.3 is 10.1 Å². The summed E-state index contributed by atoms with van der Waals surface area (Å²) in [6.07, 6.45) is 5.89. The highest BCUT2D eigenvalue weighted by atomic mass is 16.5. The summed E-state index contributed by atoms with van der Waals surface area (Å²) >= 11 is 0. The van der Waals surface area contributed by atoms with E-state index in [1.54, 1.807) is 19.2 Å². The Bertz CT molecular complexity index is 792. The van der Waals surface area contributed by atoms with Crippen LogP contribution in [-0.4, -0.2) is 46.6 Å². The molecule has 1 unspecified atom stereocenters. The third-order valence-electron chi connectivity index (χ3n) is 4.56. The molecule has 1 aliphatic rings. The monoisotopic (exact) mass is 366 g/mol. The van der Waals surface area contributed by atoms with Crippen molar-refractivity contribution in [3.8, 4) is 0 Å². The highest BCUT2D eigenvalue weighted by Gasteiger charge is 2.23. The van der Waals surface area contributed by atoms with Gasteiger partial charge in [0, 0.05) is 43.5 Å². The highest BCUT2D eigenvalue weighted by molar-refractivity contribution is 5.87. The molecule has 142 valence electrons. The molecular weight excluding hydrogens is 340 g/mol. The highest BCUT2D eigenvalue weighted by Crippen LogP contribution is 2.17. The van der Waals surface area contributed by atoms with E-state index in [0.717, 1.165) is 37.3 Å². The first-order valence-corrected chi connectivity index (χ1v) is 9.35. The zero-order chi connectivity index (χ0) is 19.1. The largest absolute Gasteiger partial charge is 0.463 e. The Morgan fingerprint density at radius 1 is 1.37 bits per heavy atom. The van der Waals surface area contributed by atoms with E-state index in [-0.39, 0.29) is 5.97 Å². The topological polar surface area (TPSA) is 67.3 Å². The molecule has 1 aromatic heterocycles. The van der Waals surface area contributed by atoms with Gasteiger partial charge in [0.2, 0.25) is 5.95 Å². The van der Waals surface area contributed by atoms with Crippen LogP contribution >= 0.6 is 0 Å². The third-order valence-corrected chi connectivity index (χ3v) is 4.56. The Morgan fingerprint density at radius 3 is 2.93 bits per heavy atom. The number of carbonyl (C=O) groups excluding carboxylic acids is 1. The maximum Gasteiger partial charge on any atom is 0.330 e. The molecule has 3 rings (SSSR count). The summed E-state index contributed by atoms with van der Waals surface area (Å²) in [6, 6.07) is 10.9. The number of likely N-dealkylation sites (tertiary alicyclic amines) is 1. The molecule has 1 fully saturated rings. The van der Waals surface area contributed by atoms with Crippen molar-refractivity contribution in [1.29, 1.82) is 0 Å². The Labute approximate surface area is 160 Å². The van der Waals surface area contributed by atoms with Crippen LogP contribution in [0.3, 0.4) is 0 Å². The molecule has 1 N–H and O–H groups in total. The summed E-state index contributed by atoms with van der Waals surface area (Å²) in [7, 11) is 0. The summed E-state index contributed by atoms with van der Waals surface area (Å²) in [4.78, 5) is 22.8. The lowest BCUT2D eigenvalue weighted by atomic mass is 10.2. The zero-order valence-electron chi connectivity index (χ0n) is 15.9. The number of carbonyl (C=O) groups is 1. The van der Waals surface area contributed by atoms with E-state index in [1.165, 1.54) is 11.6 Å². The second kappa shape index (κ2) is 9.28. The molecule has 1 saturated heterocycles. The number of nitrogens with one attached hydrogen (secondary N) is 1. The maximum atomic E-state index is 11.4. The van der Waals surface area contributed by atoms with Crippen molar-refractivity contribution in [2.45, 2.75) is 32.9 Å². The number of aromatic nitrogens is 2. The molecule has 1 atom stereocenters. The molecule has 6 heteroatoms. The van der Waals surface area contributed by atoms with Crippen LogP contribution in [0.15, 0.2) is 42.6 Å². The maximum absolute atomic E-state index is 11.4. The summed E-state index contributed by atoms with van der Waals surface area (Å²) in [5.74, 6) is 0.274. The Kier molecular flexibility index (Phi) is 6.54. The van der Waals surface area contributed by atoms with Crippen LogP contribution in [-0.2, 0) is 16.1 Å². The molecule has 27 heavy (non-hydrogen) atoms. The van der Waals surface area contributed by atoms with Crippen LogP contribution < -0.4 is 5.32 Å². The Balaban J connectivity index is 1.54. The minimum absolute atomic E-state index is 0.342. The van der Waals surface area contributed by atoms with Gasteiger partial charge in [-0.1, -0.05) is 30.3 Å². The summed E-state index contributed by atoms with van der Waals surface area (Å²) in [6.45, 7) is 7.06. The van der Waals surface area contributed by atoms with Crippen LogP contribution in [0.4, 0.5) is 5.95 Å². The van der Waals surface area contributed by atoms with Gasteiger partial charge in [-0.15, -0.1) is 0 Å². The lowest BCUT2D eigenvalue weighted by Crippen LogP contribution is -2.26. The van der Waals surface area contributed by atoms with E-state index in [0.29, 0.717) is 18.6 Å². The number of nitrogens with zero attached hydrogens (tertiary/aromatic N) is 3. The lowest BCUT2D eigenvalue weighted by Gasteiger charge is -2.17. The molecule has 0 amide bonds. The van der Waals surface area contributed by atoms with Crippen LogP contribution in [0.1, 0.15) is 30.2 Å². The molecular formula is C21H26N4O2. The average molecular weight is 366 g/mol. The zero-order valence-corrected chi connectivity index (χ0v) is 15.9.